The highest BCUT2D eigenvalue weighted by molar-refractivity contribution is 9.10. The second-order valence-electron chi connectivity index (χ2n) is 6.92. The fourth-order valence-corrected chi connectivity index (χ4v) is 3.54. The topological polar surface area (TPSA) is 82.5 Å². The van der Waals surface area contributed by atoms with Crippen LogP contribution in [-0.2, 0) is 11.3 Å². The number of aromatic nitrogens is 2. The second-order valence-corrected chi connectivity index (χ2v) is 7.77. The van der Waals surface area contributed by atoms with E-state index in [1.54, 1.807) is 35.2 Å². The Labute approximate surface area is 195 Å². The Morgan fingerprint density at radius 2 is 1.97 bits per heavy atom. The van der Waals surface area contributed by atoms with Gasteiger partial charge in [-0.3, -0.25) is 14.3 Å². The Morgan fingerprint density at radius 3 is 2.69 bits per heavy atom. The lowest BCUT2D eigenvalue weighted by Crippen LogP contribution is -2.20. The number of nitrogens with one attached hydrogen (secondary N) is 1. The predicted molar refractivity (Wildman–Crippen MR) is 127 cm³/mol. The predicted octanol–water partition coefficient (Wildman–Crippen LogP) is 4.90. The first-order valence-corrected chi connectivity index (χ1v) is 10.8. The van der Waals surface area contributed by atoms with E-state index in [1.165, 1.54) is 13.2 Å². The molecule has 32 heavy (non-hydrogen) atoms. The van der Waals surface area contributed by atoms with Gasteiger partial charge in [-0.1, -0.05) is 30.3 Å². The molecule has 0 radical (unpaired) electrons. The Kier molecular flexibility index (Phi) is 7.83. The molecule has 1 amide bonds. The van der Waals surface area contributed by atoms with E-state index >= 15 is 0 Å². The quantitative estimate of drug-likeness (QED) is 0.336. The lowest BCUT2D eigenvalue weighted by molar-refractivity contribution is -0.118. The van der Waals surface area contributed by atoms with E-state index in [0.29, 0.717) is 28.2 Å². The molecular weight excluding hydrogens is 474 g/mol. The number of rotatable bonds is 9. The van der Waals surface area contributed by atoms with Crippen LogP contribution >= 0.6 is 15.9 Å². The molecular formula is C24H24BrN3O4. The van der Waals surface area contributed by atoms with Gasteiger partial charge in [0, 0.05) is 12.2 Å². The summed E-state index contributed by atoms with van der Waals surface area (Å²) in [6, 6.07) is 12.8. The number of ketones is 1. The van der Waals surface area contributed by atoms with E-state index in [-0.39, 0.29) is 18.3 Å². The summed E-state index contributed by atoms with van der Waals surface area (Å²) >= 11 is 3.36. The summed E-state index contributed by atoms with van der Waals surface area (Å²) in [5.41, 5.74) is 2.97. The van der Waals surface area contributed by atoms with Crippen LogP contribution in [0.1, 0.15) is 28.5 Å². The van der Waals surface area contributed by atoms with Crippen LogP contribution in [0, 0.1) is 6.92 Å². The fraction of sp³-hybridized carbons (Fsp3) is 0.208. The molecule has 2 aromatic carbocycles. The van der Waals surface area contributed by atoms with Crippen LogP contribution in [-0.4, -0.2) is 35.2 Å². The summed E-state index contributed by atoms with van der Waals surface area (Å²) in [6.45, 7) is 4.28. The number of para-hydroxylation sites is 1. The van der Waals surface area contributed by atoms with Gasteiger partial charge in [-0.05, 0) is 65.2 Å². The number of amides is 1. The number of hydrogen-bond donors (Lipinski definition) is 1. The molecule has 7 nitrogen and oxygen atoms in total. The number of anilines is 1. The van der Waals surface area contributed by atoms with Crippen LogP contribution in [0.3, 0.4) is 0 Å². The molecule has 0 atom stereocenters. The van der Waals surface area contributed by atoms with Crippen LogP contribution in [0.2, 0.25) is 0 Å². The maximum absolute atomic E-state index is 12.6. The van der Waals surface area contributed by atoms with Crippen molar-refractivity contribution in [3.63, 3.8) is 0 Å². The summed E-state index contributed by atoms with van der Waals surface area (Å²) in [5.74, 6) is 0.461. The van der Waals surface area contributed by atoms with Crippen molar-refractivity contribution in [1.82, 2.24) is 9.78 Å². The largest absolute Gasteiger partial charge is 0.493 e. The molecule has 0 saturated carbocycles. The van der Waals surface area contributed by atoms with E-state index in [2.05, 4.69) is 26.3 Å². The Morgan fingerprint density at radius 1 is 1.19 bits per heavy atom. The summed E-state index contributed by atoms with van der Waals surface area (Å²) in [7, 11) is 1.52. The molecule has 1 heterocycles. The number of allylic oxidation sites excluding steroid dienone is 1. The molecule has 8 heteroatoms. The highest BCUT2D eigenvalue weighted by Gasteiger charge is 2.14. The van der Waals surface area contributed by atoms with Crippen molar-refractivity contribution in [3.05, 3.63) is 76.0 Å². The SMILES string of the molecule is CCn1ncc(Br)c1C(=O)/C=C/c1ccc(OCC(=O)Nc2ccccc2C)c(OC)c1. The van der Waals surface area contributed by atoms with Crippen molar-refractivity contribution < 1.29 is 19.1 Å². The van der Waals surface area contributed by atoms with Crippen molar-refractivity contribution in [2.45, 2.75) is 20.4 Å². The van der Waals surface area contributed by atoms with E-state index in [9.17, 15) is 9.59 Å². The minimum absolute atomic E-state index is 0.159. The maximum Gasteiger partial charge on any atom is 0.262 e. The Balaban J connectivity index is 1.66. The van der Waals surface area contributed by atoms with Gasteiger partial charge in [-0.15, -0.1) is 0 Å². The first-order valence-electron chi connectivity index (χ1n) is 10.0. The summed E-state index contributed by atoms with van der Waals surface area (Å²) < 4.78 is 13.3. The minimum atomic E-state index is -0.269. The number of carbonyl (C=O) groups is 2. The van der Waals surface area contributed by atoms with E-state index < -0.39 is 0 Å². The van der Waals surface area contributed by atoms with Gasteiger partial charge < -0.3 is 14.8 Å². The first-order chi connectivity index (χ1) is 15.4. The number of benzene rings is 2. The second kappa shape index (κ2) is 10.8. The number of carbonyl (C=O) groups excluding carboxylic acids is 2. The van der Waals surface area contributed by atoms with Gasteiger partial charge >= 0.3 is 0 Å². The van der Waals surface area contributed by atoms with Gasteiger partial charge in [0.2, 0.25) is 5.78 Å². The number of hydrogen-bond acceptors (Lipinski definition) is 5. The van der Waals surface area contributed by atoms with Crippen LogP contribution in [0.4, 0.5) is 5.69 Å². The molecule has 0 aliphatic carbocycles. The van der Waals surface area contributed by atoms with Gasteiger partial charge in [-0.2, -0.15) is 5.10 Å². The fourth-order valence-electron chi connectivity index (χ4n) is 3.05. The van der Waals surface area contributed by atoms with E-state index in [4.69, 9.17) is 9.47 Å². The van der Waals surface area contributed by atoms with Crippen molar-refractivity contribution in [1.29, 1.82) is 0 Å². The van der Waals surface area contributed by atoms with Gasteiger partial charge in [0.25, 0.3) is 5.91 Å². The highest BCUT2D eigenvalue weighted by Crippen LogP contribution is 2.29. The van der Waals surface area contributed by atoms with Gasteiger partial charge in [0.05, 0.1) is 17.8 Å². The average molecular weight is 498 g/mol. The molecule has 3 rings (SSSR count). The number of nitrogens with zero attached hydrogens (tertiary/aromatic N) is 2. The molecule has 0 unspecified atom stereocenters. The third kappa shape index (κ3) is 5.64. The molecule has 0 saturated heterocycles. The van der Waals surface area contributed by atoms with Crippen molar-refractivity contribution in [3.8, 4) is 11.5 Å². The summed E-state index contributed by atoms with van der Waals surface area (Å²) in [4.78, 5) is 24.8. The zero-order valence-corrected chi connectivity index (χ0v) is 19.7. The lowest BCUT2D eigenvalue weighted by atomic mass is 10.1. The van der Waals surface area contributed by atoms with Gasteiger partial charge in [0.1, 0.15) is 5.69 Å². The number of halogens is 1. The molecule has 0 fully saturated rings. The van der Waals surface area contributed by atoms with E-state index in [1.807, 2.05) is 38.1 Å². The van der Waals surface area contributed by atoms with Crippen LogP contribution in [0.25, 0.3) is 6.08 Å². The van der Waals surface area contributed by atoms with Crippen LogP contribution < -0.4 is 14.8 Å². The first kappa shape index (κ1) is 23.3. The molecule has 166 valence electrons. The smallest absolute Gasteiger partial charge is 0.262 e. The minimum Gasteiger partial charge on any atom is -0.493 e. The molecule has 0 bridgehead atoms. The molecule has 0 spiro atoms. The molecule has 3 aromatic rings. The summed E-state index contributed by atoms with van der Waals surface area (Å²) in [6.07, 6.45) is 4.78. The number of methoxy groups -OCH3 is 1. The normalized spacial score (nSPS) is 10.9. The summed E-state index contributed by atoms with van der Waals surface area (Å²) in [5, 5.41) is 6.99. The highest BCUT2D eigenvalue weighted by atomic mass is 79.9. The third-order valence-electron chi connectivity index (χ3n) is 4.72. The molecule has 1 N–H and O–H groups in total. The molecule has 0 aliphatic heterocycles. The zero-order chi connectivity index (χ0) is 23.1. The van der Waals surface area contributed by atoms with Crippen LogP contribution in [0.15, 0.2) is 59.2 Å². The van der Waals surface area contributed by atoms with E-state index in [0.717, 1.165) is 16.8 Å². The van der Waals surface area contributed by atoms with Crippen molar-refractivity contribution in [2.24, 2.45) is 0 Å². The average Bonchev–Trinajstić information content (AvgIpc) is 3.18. The van der Waals surface area contributed by atoms with Gasteiger partial charge in [-0.25, -0.2) is 0 Å². The van der Waals surface area contributed by atoms with Crippen LogP contribution in [0.5, 0.6) is 11.5 Å². The maximum atomic E-state index is 12.6. The monoisotopic (exact) mass is 497 g/mol. The zero-order valence-electron chi connectivity index (χ0n) is 18.1. The number of aryl methyl sites for hydroxylation is 2. The Hall–Kier alpha value is -3.39. The van der Waals surface area contributed by atoms with Gasteiger partial charge in [0.15, 0.2) is 18.1 Å². The Bertz CT molecular complexity index is 1150. The van der Waals surface area contributed by atoms with Crippen molar-refractivity contribution in [2.75, 3.05) is 19.0 Å². The lowest BCUT2D eigenvalue weighted by Gasteiger charge is -2.12. The number of ether oxygens (including phenoxy) is 2. The molecule has 1 aromatic heterocycles. The standard InChI is InChI=1S/C24H24BrN3O4/c1-4-28-24(18(25)14-26-28)20(29)11-9-17-10-12-21(22(13-17)31-3)32-15-23(30)27-19-8-6-5-7-16(19)2/h5-14H,4,15H2,1-3H3,(H,27,30)/b11-9+. The molecule has 0 aliphatic rings. The third-order valence-corrected chi connectivity index (χ3v) is 5.30. The van der Waals surface area contributed by atoms with Crippen molar-refractivity contribution >= 4 is 39.4 Å².